The van der Waals surface area contributed by atoms with Crippen molar-refractivity contribution in [3.05, 3.63) is 69.7 Å². The van der Waals surface area contributed by atoms with Crippen molar-refractivity contribution in [2.45, 2.75) is 44.9 Å². The maximum atomic E-state index is 5.99. The number of rotatable bonds is 11. The first kappa shape index (κ1) is 39.4. The molecule has 4 rings (SSSR count). The van der Waals surface area contributed by atoms with Gasteiger partial charge in [0.25, 0.3) is 0 Å². The zero-order valence-electron chi connectivity index (χ0n) is 24.7. The Balaban J connectivity index is 0.000000377. The summed E-state index contributed by atoms with van der Waals surface area (Å²) in [4.78, 5) is 12.4. The number of benzene rings is 2. The highest BCUT2D eigenvalue weighted by molar-refractivity contribution is 6.33. The van der Waals surface area contributed by atoms with Crippen molar-refractivity contribution in [2.24, 2.45) is 31.9 Å². The predicted octanol–water partition coefficient (Wildman–Crippen LogP) is 5.73. The van der Waals surface area contributed by atoms with Crippen molar-refractivity contribution < 1.29 is 9.68 Å². The van der Waals surface area contributed by atoms with Gasteiger partial charge in [-0.05, 0) is 38.1 Å². The third kappa shape index (κ3) is 18.9. The minimum Gasteiger partial charge on any atom is -0.367 e. The summed E-state index contributed by atoms with van der Waals surface area (Å²) in [6.45, 7) is 4.07. The normalized spacial score (nSPS) is 15.3. The number of nitrogens with zero attached hydrogens (tertiary/aromatic N) is 5. The lowest BCUT2D eigenvalue weighted by Gasteiger charge is -2.14. The molecule has 1 aliphatic carbocycles. The van der Waals surface area contributed by atoms with Crippen molar-refractivity contribution in [1.82, 2.24) is 15.9 Å². The van der Waals surface area contributed by atoms with Gasteiger partial charge in [0.05, 0.1) is 25.6 Å². The van der Waals surface area contributed by atoms with E-state index in [-0.39, 0.29) is 24.3 Å². The Morgan fingerprint density at radius 3 is 1.59 bits per heavy atom. The van der Waals surface area contributed by atoms with Crippen LogP contribution in [0.15, 0.2) is 68.9 Å². The van der Waals surface area contributed by atoms with Crippen LogP contribution in [0.2, 0.25) is 10.0 Å². The van der Waals surface area contributed by atoms with Gasteiger partial charge in [0, 0.05) is 33.6 Å². The number of nitrogens with one attached hydrogen (secondary N) is 2. The monoisotopic (exact) mass is 689 g/mol. The summed E-state index contributed by atoms with van der Waals surface area (Å²) in [6, 6.07) is 14.6. The van der Waals surface area contributed by atoms with Crippen LogP contribution in [-0.2, 0) is 9.68 Å². The molecule has 1 saturated carbocycles. The average molecular weight is 692 g/mol. The maximum absolute atomic E-state index is 5.99. The third-order valence-corrected chi connectivity index (χ3v) is 6.87. The average Bonchev–Trinajstić information content (AvgIpc) is 3.76. The molecular weight excluding hydrogens is 648 g/mol. The Bertz CT molecular complexity index is 1150. The maximum Gasteiger partial charge on any atom is 0.237 e. The molecule has 1 heterocycles. The van der Waals surface area contributed by atoms with Crippen LogP contribution in [0, 0.1) is 0 Å². The molecule has 1 saturated heterocycles. The number of likely N-dealkylation sites (tertiary alicyclic amines) is 1. The van der Waals surface area contributed by atoms with Gasteiger partial charge in [0.2, 0.25) is 11.9 Å². The summed E-state index contributed by atoms with van der Waals surface area (Å²) in [5, 5.41) is 16.3. The summed E-state index contributed by atoms with van der Waals surface area (Å²) in [7, 11) is 0. The summed E-state index contributed by atoms with van der Waals surface area (Å²) in [6.07, 6.45) is 13.1. The predicted molar refractivity (Wildman–Crippen MR) is 186 cm³/mol. The fourth-order valence-corrected chi connectivity index (χ4v) is 4.31. The van der Waals surface area contributed by atoms with E-state index in [0.29, 0.717) is 29.1 Å². The van der Waals surface area contributed by atoms with E-state index in [1.807, 2.05) is 36.4 Å². The second kappa shape index (κ2) is 25.7. The molecule has 244 valence electrons. The summed E-state index contributed by atoms with van der Waals surface area (Å²) in [5.41, 5.74) is 17.5. The standard InChI is InChI=1S/C14H20ClN5O.C10H12Cl2N4O.C5H10.ClH/c15-13-6-2-1-5-12(13)11-17-18-14(16)19-21-10-9-20-7-3-4-8-20;11-5-6-17-16-10(13)15-14-7-8-3-1-2-4-9(8)12;1-2-4-5-3-1;/h1-2,5-6,11H,3-4,7-10H2,(H3,16,18,19);1-4,7H,5-6H2,(H3,13,15,16);1-5H2;1H/b17-11+;14-7+;;. The summed E-state index contributed by atoms with van der Waals surface area (Å²) in [5.74, 6) is 0.515. The lowest BCUT2D eigenvalue weighted by Crippen LogP contribution is -2.34. The van der Waals surface area contributed by atoms with Crippen molar-refractivity contribution in [3.63, 3.8) is 0 Å². The van der Waals surface area contributed by atoms with Gasteiger partial charge in [-0.25, -0.2) is 11.0 Å². The zero-order valence-corrected chi connectivity index (χ0v) is 27.8. The molecular formula is C29H43Cl4N9O2. The molecule has 11 nitrogen and oxygen atoms in total. The zero-order chi connectivity index (χ0) is 31.0. The summed E-state index contributed by atoms with van der Waals surface area (Å²) >= 11 is 17.3. The lowest BCUT2D eigenvalue weighted by atomic mass is 10.2. The van der Waals surface area contributed by atoms with Gasteiger partial charge in [-0.1, -0.05) is 91.7 Å². The number of hydrogen-bond donors (Lipinski definition) is 4. The van der Waals surface area contributed by atoms with Gasteiger partial charge in [-0.15, -0.1) is 34.2 Å². The van der Waals surface area contributed by atoms with E-state index in [0.717, 1.165) is 30.8 Å². The van der Waals surface area contributed by atoms with E-state index >= 15 is 0 Å². The molecule has 2 aromatic rings. The molecule has 2 aromatic carbocycles. The van der Waals surface area contributed by atoms with Crippen LogP contribution >= 0.6 is 47.2 Å². The van der Waals surface area contributed by atoms with Crippen LogP contribution in [0.4, 0.5) is 0 Å². The van der Waals surface area contributed by atoms with Crippen LogP contribution in [0.1, 0.15) is 56.1 Å². The first-order chi connectivity index (χ1) is 21.0. The van der Waals surface area contributed by atoms with Crippen molar-refractivity contribution in [2.75, 3.05) is 38.7 Å². The van der Waals surface area contributed by atoms with E-state index in [2.05, 4.69) is 36.3 Å². The van der Waals surface area contributed by atoms with Gasteiger partial charge in [0.15, 0.2) is 0 Å². The Labute approximate surface area is 281 Å². The Morgan fingerprint density at radius 1 is 0.727 bits per heavy atom. The van der Waals surface area contributed by atoms with Gasteiger partial charge in [-0.3, -0.25) is 9.68 Å². The van der Waals surface area contributed by atoms with E-state index in [1.54, 1.807) is 18.3 Å². The molecule has 6 N–H and O–H groups in total. The lowest BCUT2D eigenvalue weighted by molar-refractivity contribution is 0.0674. The fourth-order valence-electron chi connectivity index (χ4n) is 3.86. The Hall–Kier alpha value is -2.64. The van der Waals surface area contributed by atoms with Gasteiger partial charge >= 0.3 is 0 Å². The van der Waals surface area contributed by atoms with E-state index in [9.17, 15) is 0 Å². The number of halogens is 4. The first-order valence-corrected chi connectivity index (χ1v) is 15.5. The molecule has 0 atom stereocenters. The molecule has 0 bridgehead atoms. The highest BCUT2D eigenvalue weighted by atomic mass is 35.5. The van der Waals surface area contributed by atoms with E-state index in [1.165, 1.54) is 51.2 Å². The third-order valence-electron chi connectivity index (χ3n) is 6.03. The molecule has 1 aliphatic heterocycles. The largest absolute Gasteiger partial charge is 0.367 e. The molecule has 0 aromatic heterocycles. The van der Waals surface area contributed by atoms with E-state index in [4.69, 9.17) is 55.9 Å². The van der Waals surface area contributed by atoms with Crippen LogP contribution in [-0.4, -0.2) is 68.0 Å². The first-order valence-electron chi connectivity index (χ1n) is 14.3. The van der Waals surface area contributed by atoms with Crippen LogP contribution in [0.25, 0.3) is 0 Å². The van der Waals surface area contributed by atoms with Crippen LogP contribution in [0.5, 0.6) is 0 Å². The second-order valence-electron chi connectivity index (χ2n) is 9.41. The topological polar surface area (TPSA) is 147 Å². The molecule has 15 heteroatoms. The molecule has 0 unspecified atom stereocenters. The molecule has 2 fully saturated rings. The Morgan fingerprint density at radius 2 is 1.16 bits per heavy atom. The molecule has 0 spiro atoms. The molecule has 0 radical (unpaired) electrons. The van der Waals surface area contributed by atoms with Gasteiger partial charge in [0.1, 0.15) is 0 Å². The fraction of sp³-hybridized carbons (Fsp3) is 0.448. The molecule has 44 heavy (non-hydrogen) atoms. The number of hydroxylamine groups is 2. The van der Waals surface area contributed by atoms with E-state index < -0.39 is 0 Å². The number of alkyl halides is 1. The number of guanidine groups is 2. The summed E-state index contributed by atoms with van der Waals surface area (Å²) < 4.78 is 0. The van der Waals surface area contributed by atoms with Gasteiger partial charge in [-0.2, -0.15) is 10.2 Å². The number of nitrogens with two attached hydrogens (primary N) is 2. The minimum atomic E-state index is 0. The highest BCUT2D eigenvalue weighted by Gasteiger charge is 2.10. The van der Waals surface area contributed by atoms with Crippen LogP contribution < -0.4 is 22.4 Å². The Kier molecular flexibility index (Phi) is 23.0. The quantitative estimate of drug-likeness (QED) is 0.0775. The van der Waals surface area contributed by atoms with Crippen molar-refractivity contribution in [1.29, 1.82) is 0 Å². The van der Waals surface area contributed by atoms with Gasteiger partial charge < -0.3 is 16.4 Å². The highest BCUT2D eigenvalue weighted by Crippen LogP contribution is 2.15. The SMILES string of the molecule is C1CCCC1.Cl.NC(=N/N=C/c1ccccc1Cl)NOCCCl.NC(=N/N=C/c1ccccc1Cl)NOCCN1CCCC1. The second-order valence-corrected chi connectivity index (χ2v) is 10.6. The smallest absolute Gasteiger partial charge is 0.237 e. The number of hydrogen-bond acceptors (Lipinski definition) is 7. The molecule has 0 amide bonds. The minimum absolute atomic E-state index is 0. The molecule has 2 aliphatic rings. The van der Waals surface area contributed by atoms with Crippen molar-refractivity contribution in [3.8, 4) is 0 Å². The van der Waals surface area contributed by atoms with Crippen LogP contribution in [0.3, 0.4) is 0 Å². The van der Waals surface area contributed by atoms with Crippen molar-refractivity contribution >= 4 is 71.6 Å².